The molecule has 64 valence electrons. The summed E-state index contributed by atoms with van der Waals surface area (Å²) in [6.07, 6.45) is 0. The molecule has 0 radical (unpaired) electrons. The van der Waals surface area contributed by atoms with Gasteiger partial charge in [-0.2, -0.15) is 0 Å². The van der Waals surface area contributed by atoms with Crippen LogP contribution in [0.4, 0.5) is 0 Å². The first-order valence-electron chi connectivity index (χ1n) is 1.71. The Morgan fingerprint density at radius 1 is 0.500 bits per heavy atom. The molecule has 0 spiro atoms. The predicted octanol–water partition coefficient (Wildman–Crippen LogP) is -0.704. The van der Waals surface area contributed by atoms with Crippen molar-refractivity contribution in [1.82, 2.24) is 0 Å². The summed E-state index contributed by atoms with van der Waals surface area (Å²) in [5.41, 5.74) is 0. The molecule has 0 amide bonds. The van der Waals surface area contributed by atoms with E-state index in [9.17, 15) is 0 Å². The summed E-state index contributed by atoms with van der Waals surface area (Å²) in [6, 6.07) is 0. The number of rotatable bonds is 0. The van der Waals surface area contributed by atoms with Crippen LogP contribution < -0.4 is 0 Å². The van der Waals surface area contributed by atoms with E-state index in [0.29, 0.717) is 0 Å². The molecule has 0 saturated carbocycles. The summed E-state index contributed by atoms with van der Waals surface area (Å²) in [5, 5.41) is 33.9. The van der Waals surface area contributed by atoms with Crippen LogP contribution in [0.2, 0.25) is 0 Å². The van der Waals surface area contributed by atoms with Gasteiger partial charge in [0.2, 0.25) is 0 Å². The van der Waals surface area contributed by atoms with Crippen molar-refractivity contribution in [1.29, 1.82) is 21.0 Å². The van der Waals surface area contributed by atoms with Gasteiger partial charge in [-0.3, -0.25) is 0 Å². The minimum absolute atomic E-state index is 0. The van der Waals surface area contributed by atoms with Gasteiger partial charge in [0.1, 0.15) is 0 Å². The van der Waals surface area contributed by atoms with Gasteiger partial charge in [-0.25, -0.2) is 21.0 Å². The van der Waals surface area contributed by atoms with E-state index in [2.05, 4.69) is 50.5 Å². The second-order valence-electron chi connectivity index (χ2n) is 0.365. The molecular formula is C4Ba2N4S4. The summed E-state index contributed by atoms with van der Waals surface area (Å²) in [4.78, 5) is 0. The zero-order chi connectivity index (χ0) is 10.8. The molecular weight excluding hydrogens is 507 g/mol. The minimum atomic E-state index is 0. The van der Waals surface area contributed by atoms with E-state index in [1.807, 2.05) is 0 Å². The molecule has 0 N–H and O–H groups in total. The van der Waals surface area contributed by atoms with Gasteiger partial charge in [0.15, 0.2) is 0 Å². The first kappa shape index (κ1) is 36.0. The molecule has 0 aromatic heterocycles. The van der Waals surface area contributed by atoms with Crippen molar-refractivity contribution in [2.45, 2.75) is 0 Å². The molecule has 0 bridgehead atoms. The molecule has 0 aromatic carbocycles. The minimum Gasteiger partial charge on any atom is -0.696 e. The molecule has 14 heavy (non-hydrogen) atoms. The molecule has 10 heteroatoms. The van der Waals surface area contributed by atoms with E-state index < -0.39 is 0 Å². The number of nitrogens with zero attached hydrogens (tertiary/aromatic N) is 4. The van der Waals surface area contributed by atoms with Crippen molar-refractivity contribution in [3.63, 3.8) is 0 Å². The van der Waals surface area contributed by atoms with Crippen LogP contribution in [0.25, 0.3) is 0 Å². The van der Waals surface area contributed by atoms with Crippen LogP contribution in [0, 0.1) is 42.7 Å². The fraction of sp³-hybridized carbons (Fsp3) is 0. The van der Waals surface area contributed by atoms with Gasteiger partial charge in [-0.15, -0.1) is 0 Å². The van der Waals surface area contributed by atoms with Gasteiger partial charge in [0, 0.05) is 0 Å². The third kappa shape index (κ3) is 599. The maximum atomic E-state index is 7.13. The first-order chi connectivity index (χ1) is 5.66. The molecule has 0 atom stereocenters. The van der Waals surface area contributed by atoms with Crippen LogP contribution in [-0.4, -0.2) is 97.8 Å². The number of hydrogen-bond donors (Lipinski definition) is 0. The quantitative estimate of drug-likeness (QED) is 0.242. The Hall–Kier alpha value is 1.98. The van der Waals surface area contributed by atoms with Crippen molar-refractivity contribution in [3.8, 4) is 21.6 Å². The largest absolute Gasteiger partial charge is 2.00 e. The van der Waals surface area contributed by atoms with Crippen LogP contribution in [-0.2, 0) is 50.5 Å². The molecule has 0 unspecified atom stereocenters. The smallest absolute Gasteiger partial charge is 0.696 e. The molecule has 4 nitrogen and oxygen atoms in total. The van der Waals surface area contributed by atoms with Crippen LogP contribution in [0.15, 0.2) is 0 Å². The number of hydrogen-bond acceptors (Lipinski definition) is 8. The van der Waals surface area contributed by atoms with Crippen molar-refractivity contribution in [2.75, 3.05) is 0 Å². The number of nitriles is 4. The maximum absolute atomic E-state index is 7.13. The summed E-state index contributed by atoms with van der Waals surface area (Å²) in [6.45, 7) is 0. The Morgan fingerprint density at radius 2 is 0.500 bits per heavy atom. The van der Waals surface area contributed by atoms with Gasteiger partial charge in [0.25, 0.3) is 0 Å². The average Bonchev–Trinajstić information content (AvgIpc) is 1.92. The first-order valence-corrected chi connectivity index (χ1v) is 3.34. The molecule has 0 fully saturated rings. The third-order valence-electron chi connectivity index (χ3n) is 0. The fourth-order valence-corrected chi connectivity index (χ4v) is 0. The summed E-state index contributed by atoms with van der Waals surface area (Å²) in [7, 11) is 0. The van der Waals surface area contributed by atoms with Crippen molar-refractivity contribution >= 4 is 148 Å². The van der Waals surface area contributed by atoms with E-state index >= 15 is 0 Å². The summed E-state index contributed by atoms with van der Waals surface area (Å²) in [5.74, 6) is 0. The number of thiocyanates is 4. The van der Waals surface area contributed by atoms with E-state index in [-0.39, 0.29) is 97.8 Å². The van der Waals surface area contributed by atoms with Gasteiger partial charge >= 0.3 is 97.8 Å². The zero-order valence-corrected chi connectivity index (χ0v) is 19.0. The van der Waals surface area contributed by atoms with Gasteiger partial charge in [-0.05, 0) is 0 Å². The molecule has 0 aliphatic rings. The van der Waals surface area contributed by atoms with Crippen LogP contribution in [0.1, 0.15) is 0 Å². The van der Waals surface area contributed by atoms with Crippen LogP contribution in [0.3, 0.4) is 0 Å². The Kier molecular flexibility index (Phi) is 210. The van der Waals surface area contributed by atoms with Gasteiger partial charge in [-0.1, -0.05) is 21.6 Å². The van der Waals surface area contributed by atoms with Crippen molar-refractivity contribution in [3.05, 3.63) is 0 Å². The summed E-state index contributed by atoms with van der Waals surface area (Å²) < 4.78 is 0. The van der Waals surface area contributed by atoms with E-state index in [1.54, 1.807) is 0 Å². The van der Waals surface area contributed by atoms with E-state index in [4.69, 9.17) is 21.0 Å². The molecule has 0 aliphatic heterocycles. The Morgan fingerprint density at radius 3 is 0.500 bits per heavy atom. The van der Waals surface area contributed by atoms with Crippen molar-refractivity contribution in [2.24, 2.45) is 0 Å². The molecule has 0 rings (SSSR count). The van der Waals surface area contributed by atoms with Crippen LogP contribution >= 0.6 is 0 Å². The fourth-order valence-electron chi connectivity index (χ4n) is 0. The zero-order valence-electron chi connectivity index (χ0n) is 6.84. The standard InChI is InChI=1S/4CHNS.2Ba/c4*2-1-3;;/h4*3H;;/q;;;;2*+2/p-4. The second-order valence-corrected chi connectivity index (χ2v) is 1.10. The van der Waals surface area contributed by atoms with Crippen molar-refractivity contribution < 1.29 is 0 Å². The molecule has 0 saturated heterocycles. The van der Waals surface area contributed by atoms with E-state index in [1.165, 1.54) is 21.6 Å². The molecule has 0 heterocycles. The second kappa shape index (κ2) is 81.8. The third-order valence-corrected chi connectivity index (χ3v) is 0. The Labute approximate surface area is 186 Å². The average molecular weight is 507 g/mol. The van der Waals surface area contributed by atoms with Gasteiger partial charge < -0.3 is 50.5 Å². The van der Waals surface area contributed by atoms with E-state index in [0.717, 1.165) is 0 Å². The van der Waals surface area contributed by atoms with Gasteiger partial charge in [0.05, 0.1) is 0 Å². The Bertz CT molecular complexity index is 161. The maximum Gasteiger partial charge on any atom is 2.00 e. The summed E-state index contributed by atoms with van der Waals surface area (Å²) >= 11 is 14.8. The Balaban J connectivity index is -0.0000000145. The predicted molar refractivity (Wildman–Crippen MR) is 63.4 cm³/mol. The normalized spacial score (nSPS) is 2.00. The molecule has 0 aliphatic carbocycles. The van der Waals surface area contributed by atoms with Crippen LogP contribution in [0.5, 0.6) is 0 Å². The molecule has 0 aromatic rings. The monoisotopic (exact) mass is 508 g/mol. The topological polar surface area (TPSA) is 95.2 Å². The SMILES string of the molecule is N#C[S-].N#C[S-].N#C[S-].N#C[S-].[Ba+2].[Ba+2].